The van der Waals surface area contributed by atoms with Crippen LogP contribution in [0.15, 0.2) is 24.3 Å². The molecule has 0 saturated heterocycles. The Hall–Kier alpha value is -1.70. The molecule has 1 aromatic carbocycles. The predicted octanol–water partition coefficient (Wildman–Crippen LogP) is 5.49. The Bertz CT molecular complexity index is 790. The molecule has 0 aliphatic carbocycles. The first-order valence-corrected chi connectivity index (χ1v) is 13.6. The van der Waals surface area contributed by atoms with Gasteiger partial charge in [-0.05, 0) is 63.5 Å². The van der Waals surface area contributed by atoms with Gasteiger partial charge in [0.2, 0.25) is 6.10 Å². The third-order valence-electron chi connectivity index (χ3n) is 5.28. The van der Waals surface area contributed by atoms with Crippen molar-refractivity contribution in [2.45, 2.75) is 78.8 Å². The van der Waals surface area contributed by atoms with E-state index in [9.17, 15) is 14.4 Å². The van der Waals surface area contributed by atoms with E-state index in [1.54, 1.807) is 52.0 Å². The fourth-order valence-corrected chi connectivity index (χ4v) is 3.69. The molecule has 0 fully saturated rings. The van der Waals surface area contributed by atoms with E-state index in [4.69, 9.17) is 25.5 Å². The van der Waals surface area contributed by atoms with E-state index in [-0.39, 0.29) is 11.6 Å². The Morgan fingerprint density at radius 1 is 1.00 bits per heavy atom. The normalized spacial score (nSPS) is 14.5. The van der Waals surface area contributed by atoms with Crippen LogP contribution in [-0.2, 0) is 28.3 Å². The number of carbonyl (C=O) groups is 3. The highest BCUT2D eigenvalue weighted by atomic mass is 35.5. The Morgan fingerprint density at radius 3 is 1.94 bits per heavy atom. The standard InChI is InChI=1S/C23H35ClO6Si/c1-10-28-20(26)17(25)19(29-21(27)22(2,3)4)18(15-11-13-16(24)14-12-15)30-31(8,9)23(5,6)7/h11-14,18-19H,10H2,1-9H3/t18-,19?/m0/s1. The van der Waals surface area contributed by atoms with E-state index in [0.717, 1.165) is 0 Å². The fraction of sp³-hybridized carbons (Fsp3) is 0.609. The lowest BCUT2D eigenvalue weighted by Gasteiger charge is -2.41. The molecule has 0 aliphatic heterocycles. The molecular formula is C23H35ClO6Si. The van der Waals surface area contributed by atoms with Gasteiger partial charge < -0.3 is 13.9 Å². The van der Waals surface area contributed by atoms with Gasteiger partial charge in [0.15, 0.2) is 8.32 Å². The van der Waals surface area contributed by atoms with Crippen LogP contribution in [0.2, 0.25) is 23.2 Å². The van der Waals surface area contributed by atoms with Crippen molar-refractivity contribution >= 4 is 37.6 Å². The first-order valence-electron chi connectivity index (χ1n) is 10.4. The molecule has 0 amide bonds. The van der Waals surface area contributed by atoms with Crippen LogP contribution in [0.25, 0.3) is 0 Å². The van der Waals surface area contributed by atoms with Gasteiger partial charge in [0.05, 0.1) is 12.0 Å². The van der Waals surface area contributed by atoms with Crippen LogP contribution in [0.5, 0.6) is 0 Å². The molecule has 0 heterocycles. The number of benzene rings is 1. The van der Waals surface area contributed by atoms with Crippen LogP contribution in [-0.4, -0.2) is 38.8 Å². The largest absolute Gasteiger partial charge is 0.460 e. The number of hydrogen-bond acceptors (Lipinski definition) is 6. The summed E-state index contributed by atoms with van der Waals surface area (Å²) < 4.78 is 17.1. The fourth-order valence-electron chi connectivity index (χ4n) is 2.31. The van der Waals surface area contributed by atoms with Gasteiger partial charge in [-0.2, -0.15) is 0 Å². The van der Waals surface area contributed by atoms with Gasteiger partial charge in [0, 0.05) is 5.02 Å². The third-order valence-corrected chi connectivity index (χ3v) is 9.99. The van der Waals surface area contributed by atoms with Crippen LogP contribution >= 0.6 is 11.6 Å². The minimum absolute atomic E-state index is 0.0270. The maximum atomic E-state index is 13.1. The molecule has 0 spiro atoms. The van der Waals surface area contributed by atoms with Gasteiger partial charge in [-0.1, -0.05) is 44.5 Å². The smallest absolute Gasteiger partial charge is 0.378 e. The molecule has 1 aromatic rings. The third kappa shape index (κ3) is 7.44. The molecule has 0 aromatic heterocycles. The van der Waals surface area contributed by atoms with Crippen molar-refractivity contribution in [2.24, 2.45) is 5.41 Å². The van der Waals surface area contributed by atoms with E-state index in [1.807, 2.05) is 13.1 Å². The van der Waals surface area contributed by atoms with E-state index in [0.29, 0.717) is 10.6 Å². The van der Waals surface area contributed by atoms with Crippen LogP contribution in [0.4, 0.5) is 0 Å². The lowest BCUT2D eigenvalue weighted by Crippen LogP contribution is -2.48. The molecule has 174 valence electrons. The summed E-state index contributed by atoms with van der Waals surface area (Å²) in [6, 6.07) is 6.74. The highest BCUT2D eigenvalue weighted by Crippen LogP contribution is 2.41. The molecule has 0 saturated carbocycles. The average molecular weight is 471 g/mol. The Morgan fingerprint density at radius 2 is 1.52 bits per heavy atom. The summed E-state index contributed by atoms with van der Waals surface area (Å²) in [5.41, 5.74) is -0.298. The van der Waals surface area contributed by atoms with Crippen molar-refractivity contribution in [3.8, 4) is 0 Å². The van der Waals surface area contributed by atoms with Crippen LogP contribution in [0.3, 0.4) is 0 Å². The van der Waals surface area contributed by atoms with Gasteiger partial charge >= 0.3 is 11.9 Å². The number of hydrogen-bond donors (Lipinski definition) is 0. The second-order valence-corrected chi connectivity index (χ2v) is 15.2. The van der Waals surface area contributed by atoms with Crippen LogP contribution < -0.4 is 0 Å². The summed E-state index contributed by atoms with van der Waals surface area (Å²) in [5, 5.41) is 0.318. The highest BCUT2D eigenvalue weighted by molar-refractivity contribution is 6.74. The quantitative estimate of drug-likeness (QED) is 0.284. The molecule has 0 aliphatic rings. The monoisotopic (exact) mass is 470 g/mol. The molecule has 6 nitrogen and oxygen atoms in total. The number of halogens is 1. The molecule has 0 bridgehead atoms. The van der Waals surface area contributed by atoms with Gasteiger partial charge in [-0.25, -0.2) is 4.79 Å². The number of ether oxygens (including phenoxy) is 2. The number of carbonyl (C=O) groups excluding carboxylic acids is 3. The number of ketones is 1. The molecule has 8 heteroatoms. The van der Waals surface area contributed by atoms with Gasteiger partial charge in [0.1, 0.15) is 6.10 Å². The second kappa shape index (κ2) is 10.3. The van der Waals surface area contributed by atoms with E-state index in [2.05, 4.69) is 20.8 Å². The molecular weight excluding hydrogens is 436 g/mol. The average Bonchev–Trinajstić information content (AvgIpc) is 2.63. The zero-order valence-corrected chi connectivity index (χ0v) is 21.8. The van der Waals surface area contributed by atoms with Crippen molar-refractivity contribution < 1.29 is 28.3 Å². The predicted molar refractivity (Wildman–Crippen MR) is 123 cm³/mol. The Balaban J connectivity index is 3.57. The molecule has 0 radical (unpaired) electrons. The number of esters is 2. The summed E-state index contributed by atoms with van der Waals surface area (Å²) in [6.07, 6.45) is -2.47. The first kappa shape index (κ1) is 27.3. The lowest BCUT2D eigenvalue weighted by molar-refractivity contribution is -0.174. The molecule has 0 N–H and O–H groups in total. The maximum absolute atomic E-state index is 13.1. The maximum Gasteiger partial charge on any atom is 0.378 e. The summed E-state index contributed by atoms with van der Waals surface area (Å²) in [7, 11) is -2.45. The zero-order chi connectivity index (χ0) is 24.2. The number of Topliss-reactive ketones (excluding diaryl/α,β-unsaturated/α-hetero) is 1. The lowest BCUT2D eigenvalue weighted by atomic mass is 9.96. The molecule has 2 atom stereocenters. The highest BCUT2D eigenvalue weighted by Gasteiger charge is 2.46. The minimum Gasteiger partial charge on any atom is -0.460 e. The van der Waals surface area contributed by atoms with E-state index < -0.39 is 43.7 Å². The molecule has 1 rings (SSSR count). The summed E-state index contributed by atoms with van der Waals surface area (Å²) in [5.74, 6) is -2.64. The van der Waals surface area contributed by atoms with Crippen LogP contribution in [0.1, 0.15) is 60.1 Å². The van der Waals surface area contributed by atoms with E-state index in [1.165, 1.54) is 0 Å². The topological polar surface area (TPSA) is 78.9 Å². The summed E-state index contributed by atoms with van der Waals surface area (Å²) >= 11 is 6.04. The Kier molecular flexibility index (Phi) is 9.06. The Labute approximate surface area is 191 Å². The van der Waals surface area contributed by atoms with Gasteiger partial charge in [-0.15, -0.1) is 0 Å². The van der Waals surface area contributed by atoms with E-state index >= 15 is 0 Å². The summed E-state index contributed by atoms with van der Waals surface area (Å²) in [6.45, 7) is 16.9. The van der Waals surface area contributed by atoms with Gasteiger partial charge in [-0.3, -0.25) is 9.59 Å². The first-order chi connectivity index (χ1) is 14.0. The molecule has 1 unspecified atom stereocenters. The molecule has 31 heavy (non-hydrogen) atoms. The van der Waals surface area contributed by atoms with Gasteiger partial charge in [0.25, 0.3) is 5.78 Å². The van der Waals surface area contributed by atoms with Crippen molar-refractivity contribution in [1.82, 2.24) is 0 Å². The van der Waals surface area contributed by atoms with Crippen molar-refractivity contribution in [2.75, 3.05) is 6.61 Å². The number of rotatable bonds is 8. The minimum atomic E-state index is -2.45. The SMILES string of the molecule is CCOC(=O)C(=O)C(OC(=O)C(C)(C)C)[C@@H](O[Si](C)(C)C(C)(C)C)c1ccc(Cl)cc1. The van der Waals surface area contributed by atoms with Crippen molar-refractivity contribution in [3.05, 3.63) is 34.9 Å². The van der Waals surface area contributed by atoms with Crippen LogP contribution in [0, 0.1) is 5.41 Å². The summed E-state index contributed by atoms with van der Waals surface area (Å²) in [4.78, 5) is 38.1. The zero-order valence-electron chi connectivity index (χ0n) is 20.0. The van der Waals surface area contributed by atoms with Crippen molar-refractivity contribution in [1.29, 1.82) is 0 Å². The second-order valence-electron chi connectivity index (χ2n) is 10.0. The van der Waals surface area contributed by atoms with Crippen molar-refractivity contribution in [3.63, 3.8) is 0 Å².